The molecule has 0 aliphatic carbocycles. The highest BCUT2D eigenvalue weighted by atomic mass is 16.6. The standard InChI is InChI=1S/C13H22O3/c1-12(2,3)11(14)10-4-6-16-13(8-10)5-7-15-9-13/h10H,4-9H2,1-3H3. The Morgan fingerprint density at radius 2 is 2.06 bits per heavy atom. The minimum atomic E-state index is -0.233. The van der Waals surface area contributed by atoms with Crippen LogP contribution < -0.4 is 0 Å². The molecule has 2 atom stereocenters. The summed E-state index contributed by atoms with van der Waals surface area (Å²) in [6.07, 6.45) is 2.67. The molecule has 0 aromatic carbocycles. The number of rotatable bonds is 1. The lowest BCUT2D eigenvalue weighted by Gasteiger charge is -2.38. The van der Waals surface area contributed by atoms with E-state index in [1.54, 1.807) is 0 Å². The van der Waals surface area contributed by atoms with Crippen LogP contribution in [-0.4, -0.2) is 31.2 Å². The maximum absolute atomic E-state index is 12.3. The molecule has 16 heavy (non-hydrogen) atoms. The van der Waals surface area contributed by atoms with Gasteiger partial charge in [0.1, 0.15) is 5.78 Å². The van der Waals surface area contributed by atoms with E-state index in [-0.39, 0.29) is 16.9 Å². The van der Waals surface area contributed by atoms with Gasteiger partial charge in [-0.3, -0.25) is 4.79 Å². The maximum Gasteiger partial charge on any atom is 0.141 e. The Labute approximate surface area is 97.5 Å². The Bertz CT molecular complexity index is 271. The van der Waals surface area contributed by atoms with E-state index in [4.69, 9.17) is 9.47 Å². The van der Waals surface area contributed by atoms with E-state index in [0.29, 0.717) is 19.0 Å². The second-order valence-corrected chi connectivity index (χ2v) is 6.14. The minimum absolute atomic E-state index is 0.149. The average Bonchev–Trinajstić information content (AvgIpc) is 2.64. The van der Waals surface area contributed by atoms with Gasteiger partial charge in [0.05, 0.1) is 12.2 Å². The first-order chi connectivity index (χ1) is 7.43. The van der Waals surface area contributed by atoms with Crippen molar-refractivity contribution in [3.05, 3.63) is 0 Å². The van der Waals surface area contributed by atoms with Gasteiger partial charge in [-0.05, 0) is 12.8 Å². The van der Waals surface area contributed by atoms with E-state index in [9.17, 15) is 4.79 Å². The molecule has 2 unspecified atom stereocenters. The summed E-state index contributed by atoms with van der Waals surface area (Å²) in [7, 11) is 0. The Morgan fingerprint density at radius 3 is 2.62 bits per heavy atom. The molecule has 2 fully saturated rings. The molecular weight excluding hydrogens is 204 g/mol. The molecule has 0 amide bonds. The third-order valence-corrected chi connectivity index (χ3v) is 3.67. The first-order valence-electron chi connectivity index (χ1n) is 6.19. The summed E-state index contributed by atoms with van der Waals surface area (Å²) in [6, 6.07) is 0. The van der Waals surface area contributed by atoms with Crippen LogP contribution in [0.15, 0.2) is 0 Å². The van der Waals surface area contributed by atoms with Crippen molar-refractivity contribution in [3.63, 3.8) is 0 Å². The van der Waals surface area contributed by atoms with Crippen LogP contribution in [0.1, 0.15) is 40.0 Å². The number of carbonyl (C=O) groups excluding carboxylic acids is 1. The second kappa shape index (κ2) is 4.11. The summed E-state index contributed by atoms with van der Waals surface area (Å²) >= 11 is 0. The normalized spacial score (nSPS) is 35.6. The lowest BCUT2D eigenvalue weighted by atomic mass is 9.75. The number of ether oxygens (including phenoxy) is 2. The number of hydrogen-bond donors (Lipinski definition) is 0. The largest absolute Gasteiger partial charge is 0.378 e. The van der Waals surface area contributed by atoms with Crippen LogP contribution in [0.25, 0.3) is 0 Å². The molecule has 2 aliphatic rings. The summed E-state index contributed by atoms with van der Waals surface area (Å²) in [5, 5.41) is 0. The van der Waals surface area contributed by atoms with Gasteiger partial charge >= 0.3 is 0 Å². The zero-order valence-electron chi connectivity index (χ0n) is 10.5. The van der Waals surface area contributed by atoms with Crippen molar-refractivity contribution >= 4 is 5.78 Å². The maximum atomic E-state index is 12.3. The SMILES string of the molecule is CC(C)(C)C(=O)C1CCOC2(CCOC2)C1. The predicted molar refractivity (Wildman–Crippen MR) is 61.3 cm³/mol. The molecule has 2 saturated heterocycles. The Balaban J connectivity index is 2.04. The fourth-order valence-electron chi connectivity index (χ4n) is 2.73. The number of hydrogen-bond acceptors (Lipinski definition) is 3. The van der Waals surface area contributed by atoms with Crippen LogP contribution in [0.5, 0.6) is 0 Å². The zero-order valence-corrected chi connectivity index (χ0v) is 10.5. The lowest BCUT2D eigenvalue weighted by molar-refractivity contribution is -0.143. The number of Topliss-reactive ketones (excluding diaryl/α,β-unsaturated/α-hetero) is 1. The van der Waals surface area contributed by atoms with Gasteiger partial charge in [0.15, 0.2) is 0 Å². The third-order valence-electron chi connectivity index (χ3n) is 3.67. The first kappa shape index (κ1) is 12.1. The van der Waals surface area contributed by atoms with Gasteiger partial charge < -0.3 is 9.47 Å². The molecule has 0 radical (unpaired) electrons. The van der Waals surface area contributed by atoms with Gasteiger partial charge in [0, 0.05) is 31.0 Å². The Kier molecular flexibility index (Phi) is 3.10. The summed E-state index contributed by atoms with van der Waals surface area (Å²) < 4.78 is 11.3. The van der Waals surface area contributed by atoms with Crippen LogP contribution in [0, 0.1) is 11.3 Å². The zero-order chi connectivity index (χ0) is 11.8. The molecule has 0 bridgehead atoms. The van der Waals surface area contributed by atoms with Crippen LogP contribution in [0.2, 0.25) is 0 Å². The molecular formula is C13H22O3. The van der Waals surface area contributed by atoms with E-state index in [2.05, 4.69) is 0 Å². The van der Waals surface area contributed by atoms with Crippen LogP contribution in [0.3, 0.4) is 0 Å². The van der Waals surface area contributed by atoms with Gasteiger partial charge in [-0.15, -0.1) is 0 Å². The molecule has 0 aromatic heterocycles. The highest BCUT2D eigenvalue weighted by molar-refractivity contribution is 5.86. The predicted octanol–water partition coefficient (Wildman–Crippen LogP) is 2.19. The lowest BCUT2D eigenvalue weighted by Crippen LogP contribution is -2.44. The highest BCUT2D eigenvalue weighted by Crippen LogP contribution is 2.38. The quantitative estimate of drug-likeness (QED) is 0.687. The molecule has 0 N–H and O–H groups in total. The highest BCUT2D eigenvalue weighted by Gasteiger charge is 2.44. The molecule has 0 saturated carbocycles. The van der Waals surface area contributed by atoms with Gasteiger partial charge in [-0.25, -0.2) is 0 Å². The second-order valence-electron chi connectivity index (χ2n) is 6.14. The van der Waals surface area contributed by atoms with Crippen molar-refractivity contribution < 1.29 is 14.3 Å². The molecule has 0 aromatic rings. The van der Waals surface area contributed by atoms with Crippen molar-refractivity contribution in [2.24, 2.45) is 11.3 Å². The van der Waals surface area contributed by atoms with Gasteiger partial charge in [-0.1, -0.05) is 20.8 Å². The first-order valence-corrected chi connectivity index (χ1v) is 6.19. The Hall–Kier alpha value is -0.410. The topological polar surface area (TPSA) is 35.5 Å². The van der Waals surface area contributed by atoms with E-state index >= 15 is 0 Å². The van der Waals surface area contributed by atoms with Crippen molar-refractivity contribution in [2.45, 2.75) is 45.6 Å². The average molecular weight is 226 g/mol. The number of carbonyl (C=O) groups is 1. The third kappa shape index (κ3) is 2.30. The summed E-state index contributed by atoms with van der Waals surface area (Å²) in [4.78, 5) is 12.3. The van der Waals surface area contributed by atoms with Crippen molar-refractivity contribution in [1.29, 1.82) is 0 Å². The van der Waals surface area contributed by atoms with Gasteiger partial charge in [0.2, 0.25) is 0 Å². The van der Waals surface area contributed by atoms with Crippen molar-refractivity contribution in [1.82, 2.24) is 0 Å². The van der Waals surface area contributed by atoms with E-state index in [1.165, 1.54) is 0 Å². The van der Waals surface area contributed by atoms with Crippen LogP contribution in [-0.2, 0) is 14.3 Å². The molecule has 2 heterocycles. The minimum Gasteiger partial charge on any atom is -0.378 e. The van der Waals surface area contributed by atoms with E-state index in [1.807, 2.05) is 20.8 Å². The van der Waals surface area contributed by atoms with Crippen LogP contribution >= 0.6 is 0 Å². The smallest absolute Gasteiger partial charge is 0.141 e. The van der Waals surface area contributed by atoms with Gasteiger partial charge in [-0.2, -0.15) is 0 Å². The summed E-state index contributed by atoms with van der Waals surface area (Å²) in [5.74, 6) is 0.539. The van der Waals surface area contributed by atoms with E-state index in [0.717, 1.165) is 25.9 Å². The molecule has 1 spiro atoms. The van der Waals surface area contributed by atoms with Crippen molar-refractivity contribution in [3.8, 4) is 0 Å². The fourth-order valence-corrected chi connectivity index (χ4v) is 2.73. The molecule has 3 nitrogen and oxygen atoms in total. The molecule has 92 valence electrons. The molecule has 2 rings (SSSR count). The fraction of sp³-hybridized carbons (Fsp3) is 0.923. The summed E-state index contributed by atoms with van der Waals surface area (Å²) in [5.41, 5.74) is -0.382. The molecule has 2 aliphatic heterocycles. The van der Waals surface area contributed by atoms with Gasteiger partial charge in [0.25, 0.3) is 0 Å². The molecule has 3 heteroatoms. The monoisotopic (exact) mass is 226 g/mol. The van der Waals surface area contributed by atoms with E-state index < -0.39 is 0 Å². The van der Waals surface area contributed by atoms with Crippen molar-refractivity contribution in [2.75, 3.05) is 19.8 Å². The number of ketones is 1. The summed E-state index contributed by atoms with van der Waals surface area (Å²) in [6.45, 7) is 8.15. The van der Waals surface area contributed by atoms with Crippen LogP contribution in [0.4, 0.5) is 0 Å². The Morgan fingerprint density at radius 1 is 1.31 bits per heavy atom.